The Bertz CT molecular complexity index is 413. The van der Waals surface area contributed by atoms with E-state index in [1.54, 1.807) is 16.7 Å². The van der Waals surface area contributed by atoms with Crippen molar-refractivity contribution < 1.29 is 14.6 Å². The minimum absolute atomic E-state index is 0.219. The van der Waals surface area contributed by atoms with Gasteiger partial charge in [0.05, 0.1) is 6.61 Å². The number of carbonyl (C=O) groups is 1. The SMILES string of the molecule is O=C(OCc1ccccc1)N1CC[C@@H](CSCCO)C1. The van der Waals surface area contributed by atoms with Gasteiger partial charge in [0, 0.05) is 18.8 Å². The summed E-state index contributed by atoms with van der Waals surface area (Å²) in [6.45, 7) is 2.10. The third-order valence-electron chi connectivity index (χ3n) is 3.34. The van der Waals surface area contributed by atoms with E-state index in [2.05, 4.69) is 0 Å². The van der Waals surface area contributed by atoms with Gasteiger partial charge >= 0.3 is 6.09 Å². The van der Waals surface area contributed by atoms with Crippen LogP contribution >= 0.6 is 11.8 Å². The van der Waals surface area contributed by atoms with E-state index in [4.69, 9.17) is 9.84 Å². The Morgan fingerprint density at radius 2 is 2.20 bits per heavy atom. The molecule has 0 saturated carbocycles. The van der Waals surface area contributed by atoms with Crippen molar-refractivity contribution in [3.05, 3.63) is 35.9 Å². The Morgan fingerprint density at radius 3 is 2.95 bits per heavy atom. The summed E-state index contributed by atoms with van der Waals surface area (Å²) < 4.78 is 5.33. The highest BCUT2D eigenvalue weighted by molar-refractivity contribution is 7.99. The van der Waals surface area contributed by atoms with Crippen LogP contribution < -0.4 is 0 Å². The molecule has 1 aliphatic rings. The van der Waals surface area contributed by atoms with Crippen LogP contribution in [0.4, 0.5) is 4.79 Å². The van der Waals surface area contributed by atoms with E-state index in [0.717, 1.165) is 36.6 Å². The Hall–Kier alpha value is -1.20. The summed E-state index contributed by atoms with van der Waals surface area (Å²) in [5, 5.41) is 8.75. The Labute approximate surface area is 124 Å². The molecule has 110 valence electrons. The van der Waals surface area contributed by atoms with Crippen molar-refractivity contribution in [2.75, 3.05) is 31.2 Å². The Kier molecular flexibility index (Phi) is 6.21. The maximum atomic E-state index is 12.0. The van der Waals surface area contributed by atoms with Gasteiger partial charge in [0.2, 0.25) is 0 Å². The van der Waals surface area contributed by atoms with Gasteiger partial charge in [-0.15, -0.1) is 0 Å². The fourth-order valence-electron chi connectivity index (χ4n) is 2.26. The number of aliphatic hydroxyl groups excluding tert-OH is 1. The molecule has 20 heavy (non-hydrogen) atoms. The summed E-state index contributed by atoms with van der Waals surface area (Å²) in [5.41, 5.74) is 1.01. The lowest BCUT2D eigenvalue weighted by molar-refractivity contribution is 0.103. The molecular weight excluding hydrogens is 274 g/mol. The quantitative estimate of drug-likeness (QED) is 0.819. The zero-order valence-corrected chi connectivity index (χ0v) is 12.3. The monoisotopic (exact) mass is 295 g/mol. The van der Waals surface area contributed by atoms with Crippen LogP contribution in [0.1, 0.15) is 12.0 Å². The van der Waals surface area contributed by atoms with Crippen molar-refractivity contribution in [1.29, 1.82) is 0 Å². The summed E-state index contributed by atoms with van der Waals surface area (Å²) in [7, 11) is 0. The molecule has 1 aliphatic heterocycles. The van der Waals surface area contributed by atoms with Crippen molar-refractivity contribution in [2.45, 2.75) is 13.0 Å². The number of thioether (sulfide) groups is 1. The molecule has 1 saturated heterocycles. The minimum atomic E-state index is -0.219. The maximum Gasteiger partial charge on any atom is 0.410 e. The first kappa shape index (κ1) is 15.2. The second-order valence-corrected chi connectivity index (χ2v) is 6.09. The van der Waals surface area contributed by atoms with Gasteiger partial charge in [0.25, 0.3) is 0 Å². The lowest BCUT2D eigenvalue weighted by Crippen LogP contribution is -2.29. The third-order valence-corrected chi connectivity index (χ3v) is 4.52. The van der Waals surface area contributed by atoms with Gasteiger partial charge in [-0.1, -0.05) is 30.3 Å². The number of amides is 1. The fraction of sp³-hybridized carbons (Fsp3) is 0.533. The highest BCUT2D eigenvalue weighted by Crippen LogP contribution is 2.21. The number of likely N-dealkylation sites (tertiary alicyclic amines) is 1. The number of hydrogen-bond acceptors (Lipinski definition) is 4. The van der Waals surface area contributed by atoms with Crippen LogP contribution in [0.2, 0.25) is 0 Å². The summed E-state index contributed by atoms with van der Waals surface area (Å²) in [6, 6.07) is 9.72. The predicted octanol–water partition coefficient (Wildman–Crippen LogP) is 2.37. The lowest BCUT2D eigenvalue weighted by Gasteiger charge is -2.16. The number of carbonyl (C=O) groups excluding carboxylic acids is 1. The van der Waals surface area contributed by atoms with Gasteiger partial charge in [0.15, 0.2) is 0 Å². The van der Waals surface area contributed by atoms with Crippen molar-refractivity contribution in [3.63, 3.8) is 0 Å². The highest BCUT2D eigenvalue weighted by atomic mass is 32.2. The molecule has 1 aromatic carbocycles. The van der Waals surface area contributed by atoms with Crippen molar-refractivity contribution in [3.8, 4) is 0 Å². The predicted molar refractivity (Wildman–Crippen MR) is 80.7 cm³/mol. The summed E-state index contributed by atoms with van der Waals surface area (Å²) in [4.78, 5) is 13.7. The molecule has 2 rings (SSSR count). The molecule has 0 aliphatic carbocycles. The molecule has 0 unspecified atom stereocenters. The van der Waals surface area contributed by atoms with E-state index in [0.29, 0.717) is 12.5 Å². The second kappa shape index (κ2) is 8.17. The van der Waals surface area contributed by atoms with Crippen molar-refractivity contribution in [2.24, 2.45) is 5.92 Å². The van der Waals surface area contributed by atoms with Gasteiger partial charge < -0.3 is 14.7 Å². The molecule has 0 aromatic heterocycles. The largest absolute Gasteiger partial charge is 0.445 e. The average molecular weight is 295 g/mol. The molecule has 0 radical (unpaired) electrons. The van der Waals surface area contributed by atoms with E-state index < -0.39 is 0 Å². The average Bonchev–Trinajstić information content (AvgIpc) is 2.95. The highest BCUT2D eigenvalue weighted by Gasteiger charge is 2.26. The normalized spacial score (nSPS) is 18.2. The number of rotatable bonds is 6. The van der Waals surface area contributed by atoms with Gasteiger partial charge in [-0.2, -0.15) is 11.8 Å². The number of hydrogen-bond donors (Lipinski definition) is 1. The molecule has 1 amide bonds. The molecular formula is C15H21NO3S. The van der Waals surface area contributed by atoms with Gasteiger partial charge in [-0.3, -0.25) is 0 Å². The van der Waals surface area contributed by atoms with Crippen LogP contribution in [0.25, 0.3) is 0 Å². The number of nitrogens with zero attached hydrogens (tertiary/aromatic N) is 1. The van der Waals surface area contributed by atoms with Crippen LogP contribution in [-0.4, -0.2) is 47.3 Å². The lowest BCUT2D eigenvalue weighted by atomic mass is 10.2. The standard InChI is InChI=1S/C15H21NO3S/c17-8-9-20-12-14-6-7-16(10-14)15(18)19-11-13-4-2-1-3-5-13/h1-5,14,17H,6-12H2/t14-/m1/s1. The maximum absolute atomic E-state index is 12.0. The van der Waals surface area contributed by atoms with E-state index in [9.17, 15) is 4.79 Å². The van der Waals surface area contributed by atoms with Crippen LogP contribution in [0.3, 0.4) is 0 Å². The number of ether oxygens (including phenoxy) is 1. The van der Waals surface area contributed by atoms with Crippen LogP contribution in [-0.2, 0) is 11.3 Å². The molecule has 1 aromatic rings. The molecule has 5 heteroatoms. The zero-order valence-electron chi connectivity index (χ0n) is 11.5. The van der Waals surface area contributed by atoms with Crippen LogP contribution in [0, 0.1) is 5.92 Å². The van der Waals surface area contributed by atoms with Gasteiger partial charge in [0.1, 0.15) is 6.61 Å². The van der Waals surface area contributed by atoms with E-state index >= 15 is 0 Å². The third kappa shape index (κ3) is 4.72. The Morgan fingerprint density at radius 1 is 1.40 bits per heavy atom. The molecule has 0 spiro atoms. The number of benzene rings is 1. The molecule has 0 bridgehead atoms. The first-order valence-corrected chi connectivity index (χ1v) is 8.09. The first-order valence-electron chi connectivity index (χ1n) is 6.94. The van der Waals surface area contributed by atoms with Crippen molar-refractivity contribution in [1.82, 2.24) is 4.90 Å². The molecule has 1 N–H and O–H groups in total. The molecule has 1 heterocycles. The van der Waals surface area contributed by atoms with Gasteiger partial charge in [-0.05, 0) is 23.7 Å². The smallest absolute Gasteiger partial charge is 0.410 e. The topological polar surface area (TPSA) is 49.8 Å². The van der Waals surface area contributed by atoms with E-state index in [1.165, 1.54) is 0 Å². The fourth-order valence-corrected chi connectivity index (χ4v) is 3.16. The minimum Gasteiger partial charge on any atom is -0.445 e. The van der Waals surface area contributed by atoms with Crippen LogP contribution in [0.5, 0.6) is 0 Å². The summed E-state index contributed by atoms with van der Waals surface area (Å²) in [5.74, 6) is 2.30. The molecule has 4 nitrogen and oxygen atoms in total. The first-order chi connectivity index (χ1) is 9.79. The number of aliphatic hydroxyl groups is 1. The summed E-state index contributed by atoms with van der Waals surface area (Å²) >= 11 is 1.75. The van der Waals surface area contributed by atoms with Gasteiger partial charge in [-0.25, -0.2) is 4.79 Å². The Balaban J connectivity index is 1.69. The molecule has 1 fully saturated rings. The van der Waals surface area contributed by atoms with Crippen LogP contribution in [0.15, 0.2) is 30.3 Å². The molecule has 1 atom stereocenters. The van der Waals surface area contributed by atoms with Crippen molar-refractivity contribution >= 4 is 17.9 Å². The summed E-state index contributed by atoms with van der Waals surface area (Å²) in [6.07, 6.45) is 0.808. The zero-order chi connectivity index (χ0) is 14.2. The second-order valence-electron chi connectivity index (χ2n) is 4.94. The van der Waals surface area contributed by atoms with E-state index in [1.807, 2.05) is 30.3 Å². The van der Waals surface area contributed by atoms with E-state index in [-0.39, 0.29) is 12.7 Å².